The standard InChI is InChI=1S/C15H19N5O/c1-19(10-13(21)20-8-4-5-9-20)14-11-6-2-3-7-12(11)17-15(16)18-14/h2-3,6-7H,4-5,8-10H2,1H3,(H2,16,17,18). The van der Waals surface area contributed by atoms with E-state index in [0.717, 1.165) is 36.8 Å². The molecule has 1 aliphatic rings. The fourth-order valence-corrected chi connectivity index (χ4v) is 2.71. The Morgan fingerprint density at radius 3 is 2.76 bits per heavy atom. The van der Waals surface area contributed by atoms with Crippen molar-refractivity contribution in [2.45, 2.75) is 12.8 Å². The number of nitrogens with two attached hydrogens (primary N) is 1. The van der Waals surface area contributed by atoms with Crippen molar-refractivity contribution in [3.8, 4) is 0 Å². The number of carbonyl (C=O) groups excluding carboxylic acids is 1. The third kappa shape index (κ3) is 2.74. The highest BCUT2D eigenvalue weighted by molar-refractivity contribution is 5.92. The highest BCUT2D eigenvalue weighted by Crippen LogP contribution is 2.23. The number of rotatable bonds is 3. The monoisotopic (exact) mass is 285 g/mol. The van der Waals surface area contributed by atoms with Gasteiger partial charge in [-0.25, -0.2) is 4.98 Å². The van der Waals surface area contributed by atoms with Gasteiger partial charge in [0.05, 0.1) is 12.1 Å². The van der Waals surface area contributed by atoms with E-state index < -0.39 is 0 Å². The zero-order valence-corrected chi connectivity index (χ0v) is 12.1. The molecular formula is C15H19N5O. The van der Waals surface area contributed by atoms with Crippen molar-refractivity contribution in [3.63, 3.8) is 0 Å². The molecule has 2 N–H and O–H groups in total. The molecule has 6 heteroatoms. The van der Waals surface area contributed by atoms with Gasteiger partial charge in [-0.3, -0.25) is 4.79 Å². The van der Waals surface area contributed by atoms with Crippen LogP contribution in [0.25, 0.3) is 10.9 Å². The fourth-order valence-electron chi connectivity index (χ4n) is 2.71. The van der Waals surface area contributed by atoms with Crippen LogP contribution in [0.15, 0.2) is 24.3 Å². The second-order valence-electron chi connectivity index (χ2n) is 5.37. The highest BCUT2D eigenvalue weighted by Gasteiger charge is 2.20. The van der Waals surface area contributed by atoms with Crippen molar-refractivity contribution in [1.29, 1.82) is 0 Å². The van der Waals surface area contributed by atoms with Crippen LogP contribution >= 0.6 is 0 Å². The van der Waals surface area contributed by atoms with E-state index in [2.05, 4.69) is 9.97 Å². The lowest BCUT2D eigenvalue weighted by Crippen LogP contribution is -2.37. The summed E-state index contributed by atoms with van der Waals surface area (Å²) in [4.78, 5) is 24.5. The molecule has 0 atom stereocenters. The molecule has 1 fully saturated rings. The lowest BCUT2D eigenvalue weighted by molar-refractivity contribution is -0.128. The molecule has 1 aromatic carbocycles. The van der Waals surface area contributed by atoms with Crippen LogP contribution in [0.5, 0.6) is 0 Å². The number of hydrogen-bond acceptors (Lipinski definition) is 5. The molecule has 0 unspecified atom stereocenters. The second kappa shape index (κ2) is 5.55. The van der Waals surface area contributed by atoms with Crippen molar-refractivity contribution in [2.75, 3.05) is 37.3 Å². The molecule has 2 heterocycles. The summed E-state index contributed by atoms with van der Waals surface area (Å²) in [6.45, 7) is 2.03. The van der Waals surface area contributed by atoms with Crippen LogP contribution in [0, 0.1) is 0 Å². The molecule has 1 saturated heterocycles. The Kier molecular flexibility index (Phi) is 3.60. The number of nitrogens with zero attached hydrogens (tertiary/aromatic N) is 4. The van der Waals surface area contributed by atoms with Crippen molar-refractivity contribution < 1.29 is 4.79 Å². The Balaban J connectivity index is 1.87. The first-order valence-corrected chi connectivity index (χ1v) is 7.16. The van der Waals surface area contributed by atoms with Gasteiger partial charge in [0.1, 0.15) is 5.82 Å². The summed E-state index contributed by atoms with van der Waals surface area (Å²) >= 11 is 0. The normalized spacial score (nSPS) is 14.6. The van der Waals surface area contributed by atoms with Gasteiger partial charge >= 0.3 is 0 Å². The number of aromatic nitrogens is 2. The van der Waals surface area contributed by atoms with Crippen LogP contribution in [-0.4, -0.2) is 47.5 Å². The molecule has 6 nitrogen and oxygen atoms in total. The van der Waals surface area contributed by atoms with Gasteiger partial charge in [0.2, 0.25) is 11.9 Å². The van der Waals surface area contributed by atoms with E-state index in [1.807, 2.05) is 41.1 Å². The molecule has 0 radical (unpaired) electrons. The SMILES string of the molecule is CN(CC(=O)N1CCCC1)c1nc(N)nc2ccccc12. The first kappa shape index (κ1) is 13.6. The fraction of sp³-hybridized carbons (Fsp3) is 0.400. The Morgan fingerprint density at radius 1 is 1.29 bits per heavy atom. The molecule has 0 bridgehead atoms. The Morgan fingerprint density at radius 2 is 2.00 bits per heavy atom. The molecule has 0 saturated carbocycles. The summed E-state index contributed by atoms with van der Waals surface area (Å²) in [6.07, 6.45) is 2.19. The van der Waals surface area contributed by atoms with Crippen LogP contribution in [0.4, 0.5) is 11.8 Å². The predicted molar refractivity (Wildman–Crippen MR) is 83.0 cm³/mol. The number of likely N-dealkylation sites (tertiary alicyclic amines) is 1. The first-order chi connectivity index (χ1) is 10.1. The molecule has 1 aliphatic heterocycles. The van der Waals surface area contributed by atoms with Gasteiger partial charge in [0.15, 0.2) is 0 Å². The van der Waals surface area contributed by atoms with Crippen molar-refractivity contribution in [1.82, 2.24) is 14.9 Å². The average molecular weight is 285 g/mol. The Hall–Kier alpha value is -2.37. The van der Waals surface area contributed by atoms with Gasteiger partial charge in [0.25, 0.3) is 0 Å². The quantitative estimate of drug-likeness (QED) is 0.919. The average Bonchev–Trinajstić information content (AvgIpc) is 3.00. The van der Waals surface area contributed by atoms with E-state index in [1.54, 1.807) is 0 Å². The number of para-hydroxylation sites is 1. The van der Waals surface area contributed by atoms with E-state index >= 15 is 0 Å². The van der Waals surface area contributed by atoms with Gasteiger partial charge < -0.3 is 15.5 Å². The number of likely N-dealkylation sites (N-methyl/N-ethyl adjacent to an activating group) is 1. The molecular weight excluding hydrogens is 266 g/mol. The largest absolute Gasteiger partial charge is 0.368 e. The second-order valence-corrected chi connectivity index (χ2v) is 5.37. The summed E-state index contributed by atoms with van der Waals surface area (Å²) in [7, 11) is 1.86. The minimum Gasteiger partial charge on any atom is -0.368 e. The van der Waals surface area contributed by atoms with Crippen LogP contribution in [0.3, 0.4) is 0 Å². The smallest absolute Gasteiger partial charge is 0.242 e. The molecule has 1 aromatic heterocycles. The molecule has 21 heavy (non-hydrogen) atoms. The number of amides is 1. The third-order valence-corrected chi connectivity index (χ3v) is 3.79. The third-order valence-electron chi connectivity index (χ3n) is 3.79. The first-order valence-electron chi connectivity index (χ1n) is 7.16. The van der Waals surface area contributed by atoms with Gasteiger partial charge in [-0.1, -0.05) is 12.1 Å². The van der Waals surface area contributed by atoms with E-state index in [9.17, 15) is 4.79 Å². The number of anilines is 2. The Labute approximate surface area is 123 Å². The van der Waals surface area contributed by atoms with Gasteiger partial charge in [-0.2, -0.15) is 4.98 Å². The van der Waals surface area contributed by atoms with E-state index in [0.29, 0.717) is 12.4 Å². The van der Waals surface area contributed by atoms with Crippen LogP contribution < -0.4 is 10.6 Å². The molecule has 0 spiro atoms. The van der Waals surface area contributed by atoms with Gasteiger partial charge in [-0.15, -0.1) is 0 Å². The van der Waals surface area contributed by atoms with Crippen LogP contribution in [-0.2, 0) is 4.79 Å². The maximum atomic E-state index is 12.3. The number of hydrogen-bond donors (Lipinski definition) is 1. The summed E-state index contributed by atoms with van der Waals surface area (Å²) in [5.41, 5.74) is 6.56. The van der Waals surface area contributed by atoms with Gasteiger partial charge in [0, 0.05) is 25.5 Å². The summed E-state index contributed by atoms with van der Waals surface area (Å²) in [6, 6.07) is 7.68. The number of nitrogen functional groups attached to an aromatic ring is 1. The zero-order chi connectivity index (χ0) is 14.8. The molecule has 110 valence electrons. The van der Waals surface area contributed by atoms with Crippen molar-refractivity contribution in [3.05, 3.63) is 24.3 Å². The van der Waals surface area contributed by atoms with Crippen LogP contribution in [0.2, 0.25) is 0 Å². The minimum atomic E-state index is 0.135. The molecule has 0 aliphatic carbocycles. The lowest BCUT2D eigenvalue weighted by Gasteiger charge is -2.23. The Bertz CT molecular complexity index is 666. The summed E-state index contributed by atoms with van der Waals surface area (Å²) < 4.78 is 0. The minimum absolute atomic E-state index is 0.135. The predicted octanol–water partition coefficient (Wildman–Crippen LogP) is 1.27. The maximum absolute atomic E-state index is 12.3. The van der Waals surface area contributed by atoms with Crippen molar-refractivity contribution in [2.24, 2.45) is 0 Å². The topological polar surface area (TPSA) is 75.4 Å². The highest BCUT2D eigenvalue weighted by atomic mass is 16.2. The number of benzene rings is 1. The molecule has 3 rings (SSSR count). The van der Waals surface area contributed by atoms with Crippen molar-refractivity contribution >= 4 is 28.6 Å². The lowest BCUT2D eigenvalue weighted by atomic mass is 10.2. The number of carbonyl (C=O) groups is 1. The zero-order valence-electron chi connectivity index (χ0n) is 12.1. The van der Waals surface area contributed by atoms with Crippen LogP contribution in [0.1, 0.15) is 12.8 Å². The maximum Gasteiger partial charge on any atom is 0.242 e. The van der Waals surface area contributed by atoms with Gasteiger partial charge in [-0.05, 0) is 25.0 Å². The molecule has 2 aromatic rings. The molecule has 1 amide bonds. The summed E-state index contributed by atoms with van der Waals surface area (Å²) in [5.74, 6) is 1.06. The van der Waals surface area contributed by atoms with E-state index in [1.165, 1.54) is 0 Å². The van der Waals surface area contributed by atoms with E-state index in [4.69, 9.17) is 5.73 Å². The van der Waals surface area contributed by atoms with E-state index in [-0.39, 0.29) is 11.9 Å². The number of fused-ring (bicyclic) bond motifs is 1. The summed E-state index contributed by atoms with van der Waals surface area (Å²) in [5, 5.41) is 0.906.